The van der Waals surface area contributed by atoms with Crippen molar-refractivity contribution in [1.82, 2.24) is 15.0 Å². The number of unbranched alkanes of at least 4 members (excludes halogenated alkanes) is 2. The zero-order valence-corrected chi connectivity index (χ0v) is 33.6. The number of fused-ring (bicyclic) bond motifs is 7. The third kappa shape index (κ3) is 9.19. The number of carboxylic acid groups (broad SMARTS) is 1. The van der Waals surface area contributed by atoms with Gasteiger partial charge in [-0.2, -0.15) is 15.0 Å². The molecule has 3 aliphatic rings. The van der Waals surface area contributed by atoms with Crippen LogP contribution in [0, 0.1) is 0 Å². The van der Waals surface area contributed by atoms with E-state index in [0.717, 1.165) is 0 Å². The van der Waals surface area contributed by atoms with E-state index in [9.17, 15) is 24.9 Å². The minimum atomic E-state index is -1.43. The monoisotopic (exact) mass is 855 g/mol. The standard InChI is InChI=1S/C43H42ClN5O12/c44-40-46-41(45-26-5-9-31-30(22-26)39(54)61-43(31)32-10-7-28(50)24-35(32)60-36-25-29(51)8-11-33(36)43)48-42(47-40)49(13-3-1-2-4-38(52)53)27-6-12-34-37(23-27)59-21-19-57-17-15-55-14-16-56-18-20-58-34/h5-12,22-25,50-51H,1-4,13-21H2,(H,52,53)(H,45,46,47,48). The maximum Gasteiger partial charge on any atom is 0.340 e. The highest BCUT2D eigenvalue weighted by molar-refractivity contribution is 6.28. The van der Waals surface area contributed by atoms with Crippen molar-refractivity contribution in [3.8, 4) is 34.5 Å². The number of nitrogens with one attached hydrogen (secondary N) is 1. The minimum Gasteiger partial charge on any atom is -0.508 e. The largest absolute Gasteiger partial charge is 0.508 e. The van der Waals surface area contributed by atoms with Gasteiger partial charge in [0, 0.05) is 59.2 Å². The van der Waals surface area contributed by atoms with Crippen LogP contribution in [-0.2, 0) is 29.3 Å². The number of benzene rings is 4. The highest BCUT2D eigenvalue weighted by atomic mass is 35.5. The average Bonchev–Trinajstić information content (AvgIpc) is 3.51. The molecular formula is C43H42ClN5O12. The van der Waals surface area contributed by atoms with E-state index >= 15 is 0 Å². The Morgan fingerprint density at radius 1 is 0.705 bits per heavy atom. The molecular weight excluding hydrogens is 814 g/mol. The third-order valence-corrected chi connectivity index (χ3v) is 10.3. The Labute approximate surface area is 354 Å². The van der Waals surface area contributed by atoms with Gasteiger partial charge >= 0.3 is 11.9 Å². The van der Waals surface area contributed by atoms with Crippen LogP contribution in [0.2, 0.25) is 5.28 Å². The van der Waals surface area contributed by atoms with Gasteiger partial charge in [-0.15, -0.1) is 0 Å². The first kappa shape index (κ1) is 41.3. The molecule has 318 valence electrons. The molecule has 5 aromatic rings. The fourth-order valence-electron chi connectivity index (χ4n) is 7.36. The van der Waals surface area contributed by atoms with Gasteiger partial charge in [-0.05, 0) is 73.0 Å². The van der Waals surface area contributed by atoms with Crippen molar-refractivity contribution < 1.29 is 58.1 Å². The van der Waals surface area contributed by atoms with E-state index in [1.807, 2.05) is 11.0 Å². The molecule has 18 heteroatoms. The lowest BCUT2D eigenvalue weighted by molar-refractivity contribution is -0.137. The van der Waals surface area contributed by atoms with Crippen molar-refractivity contribution in [2.24, 2.45) is 0 Å². The molecule has 8 rings (SSSR count). The third-order valence-electron chi connectivity index (χ3n) is 10.1. The first-order chi connectivity index (χ1) is 29.7. The number of carbonyl (C=O) groups is 2. The van der Waals surface area contributed by atoms with Crippen LogP contribution in [-0.4, -0.2) is 102 Å². The SMILES string of the molecule is O=C(O)CCCCCN(c1ccc2c(c1)OCCOCCOCCOCCO2)c1nc(Cl)nc(Nc2ccc3c(c2)C(=O)OC32c3ccc(O)cc3Oc3cc(O)ccc32)n1. The molecule has 4 aromatic carbocycles. The summed E-state index contributed by atoms with van der Waals surface area (Å²) in [5, 5.41) is 32.8. The van der Waals surface area contributed by atoms with Crippen LogP contribution in [0.4, 0.5) is 23.3 Å². The number of phenols is 2. The van der Waals surface area contributed by atoms with E-state index in [0.29, 0.717) is 105 Å². The number of phenolic OH excluding ortho intramolecular Hbond substituents is 2. The van der Waals surface area contributed by atoms with Crippen molar-refractivity contribution in [2.45, 2.75) is 31.3 Å². The van der Waals surface area contributed by atoms with Crippen LogP contribution >= 0.6 is 11.6 Å². The highest BCUT2D eigenvalue weighted by Crippen LogP contribution is 2.57. The Morgan fingerprint density at radius 2 is 1.34 bits per heavy atom. The molecule has 1 spiro atoms. The Morgan fingerprint density at radius 3 is 2.02 bits per heavy atom. The smallest absolute Gasteiger partial charge is 0.340 e. The number of rotatable bonds is 10. The van der Waals surface area contributed by atoms with E-state index in [-0.39, 0.29) is 65.4 Å². The molecule has 1 aromatic heterocycles. The van der Waals surface area contributed by atoms with Crippen molar-refractivity contribution in [3.63, 3.8) is 0 Å². The fourth-order valence-corrected chi connectivity index (χ4v) is 7.51. The molecule has 0 amide bonds. The summed E-state index contributed by atoms with van der Waals surface area (Å²) in [7, 11) is 0. The van der Waals surface area contributed by atoms with Crippen molar-refractivity contribution in [3.05, 3.63) is 100 Å². The van der Waals surface area contributed by atoms with Crippen LogP contribution < -0.4 is 24.4 Å². The zero-order valence-electron chi connectivity index (χ0n) is 32.8. The topological polar surface area (TPSA) is 213 Å². The van der Waals surface area contributed by atoms with E-state index < -0.39 is 17.5 Å². The number of hydrogen-bond acceptors (Lipinski definition) is 16. The molecule has 61 heavy (non-hydrogen) atoms. The predicted octanol–water partition coefficient (Wildman–Crippen LogP) is 6.85. The van der Waals surface area contributed by atoms with Gasteiger partial charge in [0.2, 0.25) is 17.2 Å². The number of carbonyl (C=O) groups excluding carboxylic acids is 1. The molecule has 0 saturated heterocycles. The number of nitrogens with zero attached hydrogens (tertiary/aromatic N) is 4. The second-order valence-corrected chi connectivity index (χ2v) is 14.5. The number of aromatic nitrogens is 3. The normalized spacial score (nSPS) is 15.9. The van der Waals surface area contributed by atoms with Crippen LogP contribution in [0.3, 0.4) is 0 Å². The maximum atomic E-state index is 13.8. The minimum absolute atomic E-state index is 0.0447. The number of aromatic hydroxyl groups is 2. The number of ether oxygens (including phenoxy) is 7. The summed E-state index contributed by atoms with van der Waals surface area (Å²) in [5.74, 6) is 0.175. The van der Waals surface area contributed by atoms with Gasteiger partial charge < -0.3 is 58.7 Å². The molecule has 4 heterocycles. The Hall–Kier alpha value is -6.40. The molecule has 4 N–H and O–H groups in total. The van der Waals surface area contributed by atoms with Gasteiger partial charge in [0.15, 0.2) is 17.1 Å². The number of aliphatic carboxylic acids is 1. The quantitative estimate of drug-likeness (QED) is 0.0835. The zero-order chi connectivity index (χ0) is 42.3. The van der Waals surface area contributed by atoms with Crippen molar-refractivity contribution >= 4 is 46.8 Å². The van der Waals surface area contributed by atoms with E-state index in [4.69, 9.17) is 49.7 Å². The second kappa shape index (κ2) is 18.5. The molecule has 0 atom stereocenters. The van der Waals surface area contributed by atoms with E-state index in [1.54, 1.807) is 42.5 Å². The molecule has 3 aliphatic heterocycles. The summed E-state index contributed by atoms with van der Waals surface area (Å²) in [6, 6.07) is 19.6. The van der Waals surface area contributed by atoms with Crippen LogP contribution in [0.5, 0.6) is 34.5 Å². The first-order valence-electron chi connectivity index (χ1n) is 19.7. The number of esters is 1. The van der Waals surface area contributed by atoms with E-state index in [1.165, 1.54) is 24.3 Å². The van der Waals surface area contributed by atoms with Gasteiger partial charge in [0.1, 0.15) is 36.2 Å². The average molecular weight is 856 g/mol. The van der Waals surface area contributed by atoms with Gasteiger partial charge in [-0.25, -0.2) is 4.79 Å². The Kier molecular flexibility index (Phi) is 12.5. The van der Waals surface area contributed by atoms with Crippen molar-refractivity contribution in [2.75, 3.05) is 69.6 Å². The van der Waals surface area contributed by atoms with Gasteiger partial charge in [-0.3, -0.25) is 4.79 Å². The van der Waals surface area contributed by atoms with Gasteiger partial charge in [0.05, 0.1) is 45.2 Å². The summed E-state index contributed by atoms with van der Waals surface area (Å²) < 4.78 is 41.2. The van der Waals surface area contributed by atoms with Crippen LogP contribution in [0.25, 0.3) is 0 Å². The molecule has 0 unspecified atom stereocenters. The maximum absolute atomic E-state index is 13.8. The lowest BCUT2D eigenvalue weighted by atomic mass is 9.77. The predicted molar refractivity (Wildman–Crippen MR) is 219 cm³/mol. The molecule has 0 fully saturated rings. The van der Waals surface area contributed by atoms with Crippen LogP contribution in [0.15, 0.2) is 72.8 Å². The summed E-state index contributed by atoms with van der Waals surface area (Å²) in [6.07, 6.45) is 1.74. The van der Waals surface area contributed by atoms with E-state index in [2.05, 4.69) is 15.3 Å². The Balaban J connectivity index is 1.10. The lowest BCUT2D eigenvalue weighted by Gasteiger charge is -2.36. The molecule has 0 radical (unpaired) electrons. The lowest BCUT2D eigenvalue weighted by Crippen LogP contribution is -2.32. The number of anilines is 4. The van der Waals surface area contributed by atoms with Gasteiger partial charge in [-0.1, -0.05) is 12.5 Å². The summed E-state index contributed by atoms with van der Waals surface area (Å²) in [6.45, 7) is 3.30. The molecule has 0 aliphatic carbocycles. The van der Waals surface area contributed by atoms with Crippen molar-refractivity contribution in [1.29, 1.82) is 0 Å². The summed E-state index contributed by atoms with van der Waals surface area (Å²) >= 11 is 6.56. The molecule has 17 nitrogen and oxygen atoms in total. The summed E-state index contributed by atoms with van der Waals surface area (Å²) in [4.78, 5) is 40.4. The van der Waals surface area contributed by atoms with Gasteiger partial charge in [0.25, 0.3) is 0 Å². The number of carboxylic acids is 1. The molecule has 0 saturated carbocycles. The second-order valence-electron chi connectivity index (χ2n) is 14.2. The molecule has 0 bridgehead atoms. The highest BCUT2D eigenvalue weighted by Gasteiger charge is 2.53. The fraction of sp³-hybridized carbons (Fsp3) is 0.326. The Bertz CT molecular complexity index is 2370. The number of halogens is 1. The van der Waals surface area contributed by atoms with Crippen LogP contribution in [0.1, 0.15) is 52.7 Å². The first-order valence-corrected chi connectivity index (χ1v) is 20.1. The number of hydrogen-bond donors (Lipinski definition) is 4. The summed E-state index contributed by atoms with van der Waals surface area (Å²) in [5.41, 5.74) is 1.41.